The number of benzene rings is 2. The molecule has 0 unspecified atom stereocenters. The summed E-state index contributed by atoms with van der Waals surface area (Å²) >= 11 is 0. The van der Waals surface area contributed by atoms with Crippen LogP contribution in [0.2, 0.25) is 0 Å². The van der Waals surface area contributed by atoms with Crippen molar-refractivity contribution in [2.24, 2.45) is 0 Å². The van der Waals surface area contributed by atoms with Crippen LogP contribution in [0.5, 0.6) is 0 Å². The van der Waals surface area contributed by atoms with Crippen molar-refractivity contribution in [3.05, 3.63) is 77.0 Å². The number of pyridine rings is 1. The van der Waals surface area contributed by atoms with Crippen LogP contribution in [0.3, 0.4) is 0 Å². The second-order valence-corrected chi connectivity index (χ2v) is 5.69. The Morgan fingerprint density at radius 3 is 2.33 bits per heavy atom. The molecule has 0 spiro atoms. The molecule has 1 heteroatoms. The third-order valence-corrected chi connectivity index (χ3v) is 4.17. The fourth-order valence-corrected chi connectivity index (χ4v) is 2.85. The van der Waals surface area contributed by atoms with Crippen LogP contribution in [-0.4, -0.2) is 4.98 Å². The van der Waals surface area contributed by atoms with Crippen molar-refractivity contribution >= 4 is 0 Å². The van der Waals surface area contributed by atoms with E-state index in [9.17, 15) is 0 Å². The molecule has 3 aromatic rings. The first-order valence-electron chi connectivity index (χ1n) is 11.4. The van der Waals surface area contributed by atoms with E-state index in [-0.39, 0.29) is 16.7 Å². The zero-order valence-electron chi connectivity index (χ0n) is 21.1. The highest BCUT2D eigenvalue weighted by Crippen LogP contribution is 2.32. The van der Waals surface area contributed by atoms with Crippen molar-refractivity contribution in [3.8, 4) is 22.4 Å². The van der Waals surface area contributed by atoms with E-state index in [1.54, 1.807) is 25.1 Å². The van der Waals surface area contributed by atoms with Gasteiger partial charge >= 0.3 is 0 Å². The SMILES string of the molecule is [2H]C([2H])([2H])c1cc(C)c(-c2cc(C([2H])([2H])C)c(C([2H])([2H])C)cn2)cc1-c1ccccc1. The molecule has 0 aliphatic carbocycles. The molecule has 1 heterocycles. The Balaban J connectivity index is 2.29. The van der Waals surface area contributed by atoms with Gasteiger partial charge < -0.3 is 0 Å². The van der Waals surface area contributed by atoms with Gasteiger partial charge in [-0.3, -0.25) is 4.98 Å². The monoisotopic (exact) mass is 322 g/mol. The van der Waals surface area contributed by atoms with Crippen LogP contribution in [-0.2, 0) is 12.7 Å². The number of aryl methyl sites for hydroxylation is 4. The standard InChI is InChI=1S/C23H25N/c1-5-18-13-23(24-15-19(18)6-2)22-14-21(16(3)12-17(22)4)20-10-8-7-9-11-20/h7-15H,5-6H2,1-4H3/i3D3,5D2,6D2. The molecule has 3 rings (SSSR count). The first kappa shape index (κ1) is 9.78. The summed E-state index contributed by atoms with van der Waals surface area (Å²) in [4.78, 5) is 4.43. The summed E-state index contributed by atoms with van der Waals surface area (Å²) in [7, 11) is 0. The Morgan fingerprint density at radius 1 is 0.917 bits per heavy atom. The predicted molar refractivity (Wildman–Crippen MR) is 103 cm³/mol. The maximum atomic E-state index is 8.20. The smallest absolute Gasteiger partial charge is 0.0707 e. The average Bonchev–Trinajstić information content (AvgIpc) is 2.66. The molecule has 0 fully saturated rings. The lowest BCUT2D eigenvalue weighted by Crippen LogP contribution is -1.97. The summed E-state index contributed by atoms with van der Waals surface area (Å²) in [5, 5.41) is 0. The van der Waals surface area contributed by atoms with E-state index in [2.05, 4.69) is 4.98 Å². The fraction of sp³-hybridized carbons (Fsp3) is 0.261. The second kappa shape index (κ2) is 7.00. The van der Waals surface area contributed by atoms with Crippen molar-refractivity contribution in [3.63, 3.8) is 0 Å². The van der Waals surface area contributed by atoms with Gasteiger partial charge in [-0.25, -0.2) is 0 Å². The van der Waals surface area contributed by atoms with Crippen molar-refractivity contribution in [2.75, 3.05) is 0 Å². The van der Waals surface area contributed by atoms with Gasteiger partial charge in [0.25, 0.3) is 0 Å². The Kier molecular flexibility index (Phi) is 2.85. The first-order valence-corrected chi connectivity index (χ1v) is 7.91. The summed E-state index contributed by atoms with van der Waals surface area (Å²) in [6.45, 7) is 2.27. The van der Waals surface area contributed by atoms with Crippen molar-refractivity contribution in [1.82, 2.24) is 4.98 Å². The quantitative estimate of drug-likeness (QED) is 0.561. The Morgan fingerprint density at radius 2 is 1.67 bits per heavy atom. The summed E-state index contributed by atoms with van der Waals surface area (Å²) < 4.78 is 56.4. The van der Waals surface area contributed by atoms with Crippen LogP contribution in [0, 0.1) is 13.8 Å². The first-order chi connectivity index (χ1) is 14.2. The van der Waals surface area contributed by atoms with Crippen LogP contribution in [0.25, 0.3) is 22.4 Å². The molecule has 122 valence electrons. The van der Waals surface area contributed by atoms with Crippen LogP contribution in [0.4, 0.5) is 0 Å². The lowest BCUT2D eigenvalue weighted by molar-refractivity contribution is 1.01. The number of nitrogens with zero attached hydrogens (tertiary/aromatic N) is 1. The molecular weight excluding hydrogens is 290 g/mol. The number of hydrogen-bond donors (Lipinski definition) is 0. The zero-order chi connectivity index (χ0) is 23.2. The Hall–Kier alpha value is -2.41. The molecule has 0 radical (unpaired) electrons. The highest BCUT2D eigenvalue weighted by molar-refractivity contribution is 5.76. The van der Waals surface area contributed by atoms with Crippen LogP contribution in [0.15, 0.2) is 54.7 Å². The van der Waals surface area contributed by atoms with E-state index < -0.39 is 19.6 Å². The number of aromatic nitrogens is 1. The largest absolute Gasteiger partial charge is 0.256 e. The third-order valence-electron chi connectivity index (χ3n) is 4.17. The molecule has 1 nitrogen and oxygen atoms in total. The van der Waals surface area contributed by atoms with Gasteiger partial charge in [0.15, 0.2) is 0 Å². The zero-order valence-corrected chi connectivity index (χ0v) is 14.1. The van der Waals surface area contributed by atoms with Gasteiger partial charge in [0, 0.05) is 21.4 Å². The molecule has 0 bridgehead atoms. The fourth-order valence-electron chi connectivity index (χ4n) is 2.85. The van der Waals surface area contributed by atoms with E-state index in [1.165, 1.54) is 20.0 Å². The molecule has 0 aliphatic heterocycles. The molecule has 2 aromatic carbocycles. The summed E-state index contributed by atoms with van der Waals surface area (Å²) in [6, 6.07) is 14.2. The van der Waals surface area contributed by atoms with E-state index >= 15 is 0 Å². The van der Waals surface area contributed by atoms with Gasteiger partial charge in [0.2, 0.25) is 0 Å². The Labute approximate surface area is 155 Å². The van der Waals surface area contributed by atoms with E-state index in [1.807, 2.05) is 30.3 Å². The molecule has 0 atom stereocenters. The molecule has 0 N–H and O–H groups in total. The maximum Gasteiger partial charge on any atom is 0.0707 e. The van der Waals surface area contributed by atoms with Crippen LogP contribution in [0.1, 0.15) is 45.7 Å². The molecule has 24 heavy (non-hydrogen) atoms. The molecule has 0 amide bonds. The molecule has 0 saturated carbocycles. The highest BCUT2D eigenvalue weighted by Gasteiger charge is 2.11. The van der Waals surface area contributed by atoms with Crippen molar-refractivity contribution in [2.45, 2.75) is 40.4 Å². The van der Waals surface area contributed by atoms with Gasteiger partial charge in [-0.1, -0.05) is 50.2 Å². The van der Waals surface area contributed by atoms with Gasteiger partial charge in [-0.05, 0) is 72.0 Å². The van der Waals surface area contributed by atoms with E-state index in [4.69, 9.17) is 9.60 Å². The van der Waals surface area contributed by atoms with Gasteiger partial charge in [-0.2, -0.15) is 0 Å². The minimum absolute atomic E-state index is 0.198. The maximum absolute atomic E-state index is 8.20. The molecule has 0 aliphatic rings. The van der Waals surface area contributed by atoms with Gasteiger partial charge in [-0.15, -0.1) is 0 Å². The molecule has 0 saturated heterocycles. The molecular formula is C23H25N. The normalized spacial score (nSPS) is 16.9. The summed E-state index contributed by atoms with van der Waals surface area (Å²) in [6.07, 6.45) is -2.14. The summed E-state index contributed by atoms with van der Waals surface area (Å²) in [5.41, 5.74) is 3.86. The summed E-state index contributed by atoms with van der Waals surface area (Å²) in [5.74, 6) is 0. The minimum atomic E-state index is -2.30. The number of rotatable bonds is 4. The van der Waals surface area contributed by atoms with Crippen molar-refractivity contribution in [1.29, 1.82) is 0 Å². The van der Waals surface area contributed by atoms with Gasteiger partial charge in [0.1, 0.15) is 0 Å². The van der Waals surface area contributed by atoms with E-state index in [0.29, 0.717) is 22.4 Å². The average molecular weight is 323 g/mol. The van der Waals surface area contributed by atoms with Crippen LogP contribution >= 0.6 is 0 Å². The molecule has 1 aromatic heterocycles. The minimum Gasteiger partial charge on any atom is -0.256 e. The lowest BCUT2D eigenvalue weighted by Gasteiger charge is -2.14. The van der Waals surface area contributed by atoms with Gasteiger partial charge in [0.05, 0.1) is 5.69 Å². The van der Waals surface area contributed by atoms with Crippen LogP contribution < -0.4 is 0 Å². The second-order valence-electron chi connectivity index (χ2n) is 5.69. The third kappa shape index (κ3) is 3.12. The highest BCUT2D eigenvalue weighted by atomic mass is 14.7. The number of hydrogen-bond acceptors (Lipinski definition) is 1. The topological polar surface area (TPSA) is 12.9 Å². The Bertz CT molecular complexity index is 1090. The van der Waals surface area contributed by atoms with Crippen molar-refractivity contribution < 1.29 is 9.60 Å². The predicted octanol–water partition coefficient (Wildman–Crippen LogP) is 6.16. The lowest BCUT2D eigenvalue weighted by atomic mass is 9.92. The van der Waals surface area contributed by atoms with E-state index in [0.717, 1.165) is 5.56 Å².